The Bertz CT molecular complexity index is 3880. The van der Waals surface area contributed by atoms with Crippen LogP contribution >= 0.6 is 0 Å². The maximum atomic E-state index is 11.9. The third-order valence-electron chi connectivity index (χ3n) is 12.9. The lowest BCUT2D eigenvalue weighted by molar-refractivity contribution is 0.668. The van der Waals surface area contributed by atoms with Crippen LogP contribution in [0.2, 0.25) is 0 Å². The standard InChI is InChI=1S/C60H34N4O3/c61-35-45-46(36-62)58(64(48-28-12-8-22-40(48)38-19-5-2-6-20-38)50-30-16-26-44-42-24-10-14-32-52(42)67-60(44)50)56-54-34-33-53(65-54)55(56)57(45)63(47-27-11-7-21-39(47)37-17-3-1-4-18-37)49-29-15-25-43-41-23-9-13-31-51(41)66-59(43)49/h1-34H. The van der Waals surface area contributed by atoms with E-state index in [0.717, 1.165) is 66.3 Å². The molecule has 0 saturated heterocycles. The summed E-state index contributed by atoms with van der Waals surface area (Å²) in [6.45, 7) is 0. The zero-order valence-electron chi connectivity index (χ0n) is 35.6. The first-order chi connectivity index (χ1) is 33.2. The highest BCUT2D eigenvalue weighted by Gasteiger charge is 2.36. The first kappa shape index (κ1) is 37.9. The molecule has 4 heterocycles. The minimum absolute atomic E-state index is 0.170. The smallest absolute Gasteiger partial charge is 0.159 e. The summed E-state index contributed by atoms with van der Waals surface area (Å²) in [5.74, 6) is 0. The molecule has 9 aromatic carbocycles. The highest BCUT2D eigenvalue weighted by molar-refractivity contribution is 6.26. The van der Waals surface area contributed by atoms with Crippen molar-refractivity contribution in [2.75, 3.05) is 9.80 Å². The molecule has 7 nitrogen and oxygen atoms in total. The summed E-state index contributed by atoms with van der Waals surface area (Å²) < 4.78 is 20.4. The maximum Gasteiger partial charge on any atom is 0.159 e. The van der Waals surface area contributed by atoms with E-state index in [4.69, 9.17) is 13.3 Å². The van der Waals surface area contributed by atoms with Crippen LogP contribution in [0, 0.1) is 22.7 Å². The van der Waals surface area contributed by atoms with Crippen molar-refractivity contribution in [2.24, 2.45) is 0 Å². The van der Waals surface area contributed by atoms with Gasteiger partial charge in [-0.2, -0.15) is 10.5 Å². The van der Waals surface area contributed by atoms with Gasteiger partial charge in [0.15, 0.2) is 11.2 Å². The summed E-state index contributed by atoms with van der Waals surface area (Å²) in [5, 5.41) is 28.9. The number of hydrogen-bond donors (Lipinski definition) is 0. The van der Waals surface area contributed by atoms with E-state index in [2.05, 4.69) is 94.7 Å². The molecule has 0 radical (unpaired) electrons. The molecule has 13 rings (SSSR count). The lowest BCUT2D eigenvalue weighted by atomic mass is 9.92. The van der Waals surface area contributed by atoms with Gasteiger partial charge in [-0.15, -0.1) is 0 Å². The van der Waals surface area contributed by atoms with E-state index in [-0.39, 0.29) is 11.1 Å². The van der Waals surface area contributed by atoms with Gasteiger partial charge < -0.3 is 23.1 Å². The lowest BCUT2D eigenvalue weighted by Crippen LogP contribution is -2.18. The zero-order valence-corrected chi connectivity index (χ0v) is 35.6. The van der Waals surface area contributed by atoms with Gasteiger partial charge in [0, 0.05) is 32.7 Å². The molecule has 0 spiro atoms. The minimum atomic E-state index is 0.170. The molecule has 0 aliphatic carbocycles. The van der Waals surface area contributed by atoms with Gasteiger partial charge in [0.2, 0.25) is 0 Å². The van der Waals surface area contributed by atoms with Crippen LogP contribution in [-0.2, 0) is 0 Å². The van der Waals surface area contributed by atoms with Crippen molar-refractivity contribution >= 4 is 99.9 Å². The molecule has 0 fully saturated rings. The molecule has 0 aliphatic rings. The number of rotatable bonds is 8. The van der Waals surface area contributed by atoms with Crippen LogP contribution in [0.5, 0.6) is 0 Å². The van der Waals surface area contributed by atoms with E-state index in [9.17, 15) is 10.5 Å². The highest BCUT2D eigenvalue weighted by Crippen LogP contribution is 2.57. The second-order valence-electron chi connectivity index (χ2n) is 16.5. The Morgan fingerprint density at radius 1 is 0.313 bits per heavy atom. The van der Waals surface area contributed by atoms with Gasteiger partial charge in [0.1, 0.15) is 34.5 Å². The quantitative estimate of drug-likeness (QED) is 0.150. The first-order valence-corrected chi connectivity index (χ1v) is 22.0. The van der Waals surface area contributed by atoms with Crippen molar-refractivity contribution < 1.29 is 13.3 Å². The predicted molar refractivity (Wildman–Crippen MR) is 269 cm³/mol. The third kappa shape index (κ3) is 5.69. The van der Waals surface area contributed by atoms with Crippen molar-refractivity contribution in [1.82, 2.24) is 0 Å². The Balaban J connectivity index is 1.20. The SMILES string of the molecule is N#Cc1c(C#N)c(N(c2ccccc2-c2ccccc2)c2cccc3c2oc2ccccc23)c2c3ccc(o3)c2c1N(c1ccccc1-c1ccccc1)c1cccc2c1oc1ccccc12. The van der Waals surface area contributed by atoms with E-state index in [1.165, 1.54) is 0 Å². The van der Waals surface area contributed by atoms with Crippen molar-refractivity contribution in [3.8, 4) is 34.4 Å². The monoisotopic (exact) mass is 858 g/mol. The van der Waals surface area contributed by atoms with Crippen molar-refractivity contribution in [1.29, 1.82) is 10.5 Å². The van der Waals surface area contributed by atoms with Gasteiger partial charge in [0.25, 0.3) is 0 Å². The van der Waals surface area contributed by atoms with Gasteiger partial charge in [-0.05, 0) is 59.7 Å². The Morgan fingerprint density at radius 3 is 1.13 bits per heavy atom. The minimum Gasteiger partial charge on any atom is -0.456 e. The van der Waals surface area contributed by atoms with Crippen molar-refractivity contribution in [3.05, 3.63) is 217 Å². The topological polar surface area (TPSA) is 93.5 Å². The molecule has 4 aromatic heterocycles. The van der Waals surface area contributed by atoms with Crippen LogP contribution in [0.15, 0.2) is 220 Å². The molecule has 0 amide bonds. The normalized spacial score (nSPS) is 11.6. The molecule has 312 valence electrons. The summed E-state index contributed by atoms with van der Waals surface area (Å²) in [4.78, 5) is 4.20. The summed E-state index contributed by atoms with van der Waals surface area (Å²) in [7, 11) is 0. The molecule has 0 N–H and O–H groups in total. The molecular formula is C60H34N4O3. The Labute approximate surface area is 383 Å². The number of anilines is 6. The van der Waals surface area contributed by atoms with Crippen LogP contribution in [0.25, 0.3) is 88.1 Å². The number of fused-ring (bicyclic) bond motifs is 11. The van der Waals surface area contributed by atoms with E-state index in [0.29, 0.717) is 55.9 Å². The average Bonchev–Trinajstić information content (AvgIpc) is 4.20. The lowest BCUT2D eigenvalue weighted by Gasteiger charge is -2.33. The van der Waals surface area contributed by atoms with Crippen molar-refractivity contribution in [2.45, 2.75) is 0 Å². The largest absolute Gasteiger partial charge is 0.456 e. The Kier molecular flexibility index (Phi) is 8.51. The molecule has 0 atom stereocenters. The molecule has 0 saturated carbocycles. The van der Waals surface area contributed by atoms with E-state index >= 15 is 0 Å². The van der Waals surface area contributed by atoms with E-state index < -0.39 is 0 Å². The number of benzene rings is 10. The van der Waals surface area contributed by atoms with Crippen LogP contribution in [0.1, 0.15) is 11.1 Å². The molecule has 2 bridgehead atoms. The molecule has 7 heteroatoms. The summed E-state index contributed by atoms with van der Waals surface area (Å²) in [6.07, 6.45) is 0. The highest BCUT2D eigenvalue weighted by atomic mass is 16.3. The summed E-state index contributed by atoms with van der Waals surface area (Å²) >= 11 is 0. The van der Waals surface area contributed by atoms with Gasteiger partial charge >= 0.3 is 0 Å². The van der Waals surface area contributed by atoms with Crippen LogP contribution in [0.4, 0.5) is 34.1 Å². The number of para-hydroxylation sites is 6. The molecule has 0 unspecified atom stereocenters. The zero-order chi connectivity index (χ0) is 44.6. The Morgan fingerprint density at radius 2 is 0.687 bits per heavy atom. The fourth-order valence-corrected chi connectivity index (χ4v) is 10.1. The predicted octanol–water partition coefficient (Wildman–Crippen LogP) is 16.8. The number of nitriles is 2. The third-order valence-corrected chi connectivity index (χ3v) is 12.9. The van der Waals surface area contributed by atoms with Gasteiger partial charge in [-0.1, -0.05) is 158 Å². The van der Waals surface area contributed by atoms with E-state index in [1.807, 2.05) is 133 Å². The van der Waals surface area contributed by atoms with Crippen molar-refractivity contribution in [3.63, 3.8) is 0 Å². The van der Waals surface area contributed by atoms with Gasteiger partial charge in [0.05, 0.1) is 56.0 Å². The summed E-state index contributed by atoms with van der Waals surface area (Å²) in [5.41, 5.74) is 12.0. The van der Waals surface area contributed by atoms with Gasteiger partial charge in [-0.3, -0.25) is 0 Å². The Hall–Kier alpha value is -9.56. The maximum absolute atomic E-state index is 11.9. The van der Waals surface area contributed by atoms with Crippen LogP contribution in [-0.4, -0.2) is 0 Å². The number of furan rings is 4. The number of nitrogens with zero attached hydrogens (tertiary/aromatic N) is 4. The molecule has 0 aliphatic heterocycles. The fourth-order valence-electron chi connectivity index (χ4n) is 10.1. The second-order valence-corrected chi connectivity index (χ2v) is 16.5. The molecular weight excluding hydrogens is 825 g/mol. The first-order valence-electron chi connectivity index (χ1n) is 22.0. The summed E-state index contributed by atoms with van der Waals surface area (Å²) in [6, 6.07) is 74.0. The fraction of sp³-hybridized carbons (Fsp3) is 0. The van der Waals surface area contributed by atoms with Crippen LogP contribution < -0.4 is 9.80 Å². The molecule has 13 aromatic rings. The van der Waals surface area contributed by atoms with Crippen LogP contribution in [0.3, 0.4) is 0 Å². The molecule has 67 heavy (non-hydrogen) atoms. The van der Waals surface area contributed by atoms with Gasteiger partial charge in [-0.25, -0.2) is 0 Å². The van der Waals surface area contributed by atoms with E-state index in [1.54, 1.807) is 0 Å². The number of hydrogen-bond acceptors (Lipinski definition) is 7. The second kappa shape index (κ2) is 15.0. The average molecular weight is 859 g/mol.